The highest BCUT2D eigenvalue weighted by atomic mass is 16.4. The van der Waals surface area contributed by atoms with Gasteiger partial charge < -0.3 is 10.0 Å². The summed E-state index contributed by atoms with van der Waals surface area (Å²) in [4.78, 5) is 25.7. The fraction of sp³-hybridized carbons (Fsp3) is 0.733. The summed E-state index contributed by atoms with van der Waals surface area (Å²) in [5, 5.41) is 9.40. The van der Waals surface area contributed by atoms with Crippen molar-refractivity contribution in [2.24, 2.45) is 5.41 Å². The van der Waals surface area contributed by atoms with E-state index in [0.29, 0.717) is 12.8 Å². The third-order valence-corrected chi connectivity index (χ3v) is 4.44. The highest BCUT2D eigenvalue weighted by Gasteiger charge is 2.39. The van der Waals surface area contributed by atoms with E-state index < -0.39 is 11.4 Å². The van der Waals surface area contributed by atoms with E-state index in [9.17, 15) is 14.7 Å². The Labute approximate surface area is 115 Å². The molecule has 1 heterocycles. The van der Waals surface area contributed by atoms with Crippen LogP contribution in [0.15, 0.2) is 12.7 Å². The lowest BCUT2D eigenvalue weighted by Gasteiger charge is -2.36. The number of hydrogen-bond acceptors (Lipinski definition) is 2. The molecule has 0 aromatic carbocycles. The number of hydrogen-bond donors (Lipinski definition) is 1. The molecule has 4 nitrogen and oxygen atoms in total. The first-order valence-electron chi connectivity index (χ1n) is 7.16. The number of amides is 1. The Morgan fingerprint density at radius 1 is 1.37 bits per heavy atom. The molecule has 1 aliphatic heterocycles. The molecule has 1 N–H and O–H groups in total. The maximum atomic E-state index is 12.4. The van der Waals surface area contributed by atoms with Crippen molar-refractivity contribution < 1.29 is 14.7 Å². The summed E-state index contributed by atoms with van der Waals surface area (Å²) >= 11 is 0. The number of carboxylic acid groups (broad SMARTS) is 1. The van der Waals surface area contributed by atoms with Crippen molar-refractivity contribution in [2.45, 2.75) is 58.4 Å². The van der Waals surface area contributed by atoms with Gasteiger partial charge in [0.05, 0.1) is 5.41 Å². The minimum absolute atomic E-state index is 0.0456. The van der Waals surface area contributed by atoms with Crippen LogP contribution in [0.25, 0.3) is 0 Å². The maximum absolute atomic E-state index is 12.4. The van der Waals surface area contributed by atoms with Gasteiger partial charge in [0.25, 0.3) is 0 Å². The van der Waals surface area contributed by atoms with Gasteiger partial charge in [-0.3, -0.25) is 9.59 Å². The van der Waals surface area contributed by atoms with Crippen LogP contribution in [-0.4, -0.2) is 34.5 Å². The largest absolute Gasteiger partial charge is 0.481 e. The number of likely N-dealkylation sites (tertiary alicyclic amines) is 1. The van der Waals surface area contributed by atoms with Crippen LogP contribution in [0.4, 0.5) is 0 Å². The van der Waals surface area contributed by atoms with Crippen LogP contribution in [0, 0.1) is 5.41 Å². The van der Waals surface area contributed by atoms with E-state index in [0.717, 1.165) is 25.8 Å². The topological polar surface area (TPSA) is 57.6 Å². The van der Waals surface area contributed by atoms with Crippen LogP contribution in [0.1, 0.15) is 52.4 Å². The second-order valence-electron chi connectivity index (χ2n) is 5.36. The molecule has 0 aromatic rings. The van der Waals surface area contributed by atoms with Gasteiger partial charge in [0, 0.05) is 19.0 Å². The minimum Gasteiger partial charge on any atom is -0.481 e. The van der Waals surface area contributed by atoms with E-state index in [1.54, 1.807) is 11.0 Å². The van der Waals surface area contributed by atoms with Gasteiger partial charge in [0.15, 0.2) is 0 Å². The van der Waals surface area contributed by atoms with Crippen molar-refractivity contribution >= 4 is 11.9 Å². The molecule has 1 fully saturated rings. The van der Waals surface area contributed by atoms with E-state index in [4.69, 9.17) is 0 Å². The Hall–Kier alpha value is -1.32. The summed E-state index contributed by atoms with van der Waals surface area (Å²) < 4.78 is 0. The van der Waals surface area contributed by atoms with Crippen LogP contribution in [0.3, 0.4) is 0 Å². The standard InChI is InChI=1S/C15H25NO3/c1-4-12-9-7-8-10-16(12)13(17)11-15(5-2,6-3)14(18)19/h4,12H,1,5-11H2,2-3H3,(H,18,19). The van der Waals surface area contributed by atoms with Crippen LogP contribution >= 0.6 is 0 Å². The van der Waals surface area contributed by atoms with Crippen molar-refractivity contribution in [3.05, 3.63) is 12.7 Å². The van der Waals surface area contributed by atoms with Crippen molar-refractivity contribution in [2.75, 3.05) is 6.54 Å². The molecule has 0 saturated carbocycles. The number of carbonyl (C=O) groups excluding carboxylic acids is 1. The average molecular weight is 267 g/mol. The number of carbonyl (C=O) groups is 2. The van der Waals surface area contributed by atoms with E-state index >= 15 is 0 Å². The first kappa shape index (κ1) is 15.7. The molecule has 1 aliphatic rings. The maximum Gasteiger partial charge on any atom is 0.310 e. The van der Waals surface area contributed by atoms with E-state index in [1.165, 1.54) is 0 Å². The third kappa shape index (κ3) is 3.37. The van der Waals surface area contributed by atoms with Crippen molar-refractivity contribution in [3.8, 4) is 0 Å². The van der Waals surface area contributed by atoms with Gasteiger partial charge in [0.2, 0.25) is 5.91 Å². The number of nitrogens with zero attached hydrogens (tertiary/aromatic N) is 1. The molecule has 1 saturated heterocycles. The molecule has 0 aliphatic carbocycles. The molecule has 1 rings (SSSR count). The molecule has 0 radical (unpaired) electrons. The summed E-state index contributed by atoms with van der Waals surface area (Å²) in [5.74, 6) is -0.909. The van der Waals surface area contributed by atoms with Crippen molar-refractivity contribution in [3.63, 3.8) is 0 Å². The van der Waals surface area contributed by atoms with Gasteiger partial charge in [-0.25, -0.2) is 0 Å². The van der Waals surface area contributed by atoms with E-state index in [-0.39, 0.29) is 18.4 Å². The van der Waals surface area contributed by atoms with Gasteiger partial charge in [-0.05, 0) is 32.1 Å². The van der Waals surface area contributed by atoms with Gasteiger partial charge in [-0.15, -0.1) is 6.58 Å². The van der Waals surface area contributed by atoms with Crippen LogP contribution in [0.5, 0.6) is 0 Å². The summed E-state index contributed by atoms with van der Waals surface area (Å²) in [6, 6.07) is 0.0708. The Morgan fingerprint density at radius 3 is 2.47 bits per heavy atom. The monoisotopic (exact) mass is 267 g/mol. The van der Waals surface area contributed by atoms with Crippen LogP contribution in [-0.2, 0) is 9.59 Å². The first-order chi connectivity index (χ1) is 9.00. The average Bonchev–Trinajstić information content (AvgIpc) is 2.44. The number of piperidine rings is 1. The summed E-state index contributed by atoms with van der Waals surface area (Å²) in [7, 11) is 0. The third-order valence-electron chi connectivity index (χ3n) is 4.44. The molecule has 0 bridgehead atoms. The predicted octanol–water partition coefficient (Wildman–Crippen LogP) is 2.83. The predicted molar refractivity (Wildman–Crippen MR) is 74.8 cm³/mol. The van der Waals surface area contributed by atoms with Gasteiger partial charge in [-0.2, -0.15) is 0 Å². The zero-order valence-corrected chi connectivity index (χ0v) is 12.0. The Balaban J connectivity index is 2.81. The van der Waals surface area contributed by atoms with Crippen molar-refractivity contribution in [1.82, 2.24) is 4.90 Å². The molecule has 0 spiro atoms. The van der Waals surface area contributed by atoms with Gasteiger partial charge in [-0.1, -0.05) is 19.9 Å². The highest BCUT2D eigenvalue weighted by molar-refractivity contribution is 5.85. The van der Waals surface area contributed by atoms with Crippen molar-refractivity contribution in [1.29, 1.82) is 0 Å². The second kappa shape index (κ2) is 6.73. The summed E-state index contributed by atoms with van der Waals surface area (Å²) in [6.45, 7) is 8.18. The SMILES string of the molecule is C=CC1CCCCN1C(=O)CC(CC)(CC)C(=O)O. The summed E-state index contributed by atoms with van der Waals surface area (Å²) in [6.07, 6.45) is 5.90. The first-order valence-corrected chi connectivity index (χ1v) is 7.16. The molecule has 4 heteroatoms. The zero-order chi connectivity index (χ0) is 14.5. The number of rotatable bonds is 6. The quantitative estimate of drug-likeness (QED) is 0.753. The highest BCUT2D eigenvalue weighted by Crippen LogP contribution is 2.33. The Bertz CT molecular complexity index is 347. The fourth-order valence-corrected chi connectivity index (χ4v) is 2.78. The molecule has 1 unspecified atom stereocenters. The molecule has 108 valence electrons. The molecule has 0 aromatic heterocycles. The fourth-order valence-electron chi connectivity index (χ4n) is 2.78. The van der Waals surface area contributed by atoms with E-state index in [1.807, 2.05) is 13.8 Å². The molecule has 1 amide bonds. The Kier molecular flexibility index (Phi) is 5.58. The molecule has 1 atom stereocenters. The minimum atomic E-state index is -0.916. The molecular weight excluding hydrogens is 242 g/mol. The van der Waals surface area contributed by atoms with Gasteiger partial charge in [0.1, 0.15) is 0 Å². The molecule has 19 heavy (non-hydrogen) atoms. The lowest BCUT2D eigenvalue weighted by molar-refractivity contribution is -0.155. The summed E-state index contributed by atoms with van der Waals surface area (Å²) in [5.41, 5.74) is -0.916. The smallest absolute Gasteiger partial charge is 0.310 e. The van der Waals surface area contributed by atoms with Crippen LogP contribution < -0.4 is 0 Å². The normalized spacial score (nSPS) is 20.1. The number of carboxylic acids is 1. The van der Waals surface area contributed by atoms with E-state index in [2.05, 4.69) is 6.58 Å². The van der Waals surface area contributed by atoms with Crippen LogP contribution in [0.2, 0.25) is 0 Å². The zero-order valence-electron chi connectivity index (χ0n) is 12.0. The number of aliphatic carboxylic acids is 1. The lowest BCUT2D eigenvalue weighted by Crippen LogP contribution is -2.45. The molecular formula is C15H25NO3. The second-order valence-corrected chi connectivity index (χ2v) is 5.36. The van der Waals surface area contributed by atoms with Gasteiger partial charge >= 0.3 is 5.97 Å². The Morgan fingerprint density at radius 2 is 2.00 bits per heavy atom. The lowest BCUT2D eigenvalue weighted by atomic mass is 9.78.